The summed E-state index contributed by atoms with van der Waals surface area (Å²) in [6.07, 6.45) is 4.07. The molecule has 0 N–H and O–H groups in total. The van der Waals surface area contributed by atoms with Gasteiger partial charge < -0.3 is 4.74 Å². The van der Waals surface area contributed by atoms with Gasteiger partial charge in [-0.05, 0) is 38.2 Å². The highest BCUT2D eigenvalue weighted by atomic mass is 19.1. The van der Waals surface area contributed by atoms with Crippen molar-refractivity contribution in [3.8, 4) is 0 Å². The Balaban J connectivity index is 1.82. The fourth-order valence-electron chi connectivity index (χ4n) is 2.11. The molecule has 100 valence electrons. The third-order valence-corrected chi connectivity index (χ3v) is 3.37. The Morgan fingerprint density at radius 3 is 2.89 bits per heavy atom. The lowest BCUT2D eigenvalue weighted by atomic mass is 10.1. The first-order valence-corrected chi connectivity index (χ1v) is 6.34. The molecule has 0 amide bonds. The topological polar surface area (TPSA) is 44.1 Å². The Morgan fingerprint density at radius 1 is 1.56 bits per heavy atom. The molecule has 1 aromatic rings. The summed E-state index contributed by atoms with van der Waals surface area (Å²) in [5, 5.41) is 4.31. The summed E-state index contributed by atoms with van der Waals surface area (Å²) in [6, 6.07) is 1.85. The molecule has 0 atom stereocenters. The van der Waals surface area contributed by atoms with E-state index in [0.717, 1.165) is 25.0 Å². The molecule has 1 heterocycles. The Morgan fingerprint density at radius 2 is 2.28 bits per heavy atom. The summed E-state index contributed by atoms with van der Waals surface area (Å²) in [6.45, 7) is 0. The zero-order chi connectivity index (χ0) is 13.2. The monoisotopic (exact) mass is 254 g/mol. The largest absolute Gasteiger partial charge is 0.469 e. The number of halogens is 1. The quantitative estimate of drug-likeness (QED) is 0.578. The average molecular weight is 254 g/mol. The van der Waals surface area contributed by atoms with Crippen molar-refractivity contribution in [2.75, 3.05) is 7.11 Å². The lowest BCUT2D eigenvalue weighted by Gasteiger charge is -2.03. The molecule has 1 saturated carbocycles. The van der Waals surface area contributed by atoms with Crippen molar-refractivity contribution in [1.82, 2.24) is 9.78 Å². The number of carbonyl (C=O) groups excluding carboxylic acids is 1. The van der Waals surface area contributed by atoms with Gasteiger partial charge in [0.2, 0.25) is 0 Å². The van der Waals surface area contributed by atoms with Crippen LogP contribution in [0.4, 0.5) is 4.39 Å². The number of alkyl halides is 1. The lowest BCUT2D eigenvalue weighted by molar-refractivity contribution is -0.140. The van der Waals surface area contributed by atoms with E-state index in [1.54, 1.807) is 11.7 Å². The van der Waals surface area contributed by atoms with Gasteiger partial charge >= 0.3 is 5.97 Å². The van der Waals surface area contributed by atoms with E-state index in [1.165, 1.54) is 7.11 Å². The fourth-order valence-corrected chi connectivity index (χ4v) is 2.11. The van der Waals surface area contributed by atoms with Crippen LogP contribution in [0.15, 0.2) is 6.07 Å². The summed E-state index contributed by atoms with van der Waals surface area (Å²) < 4.78 is 20.1. The molecule has 0 spiro atoms. The van der Waals surface area contributed by atoms with Gasteiger partial charge in [0.05, 0.1) is 18.5 Å². The third-order valence-electron chi connectivity index (χ3n) is 3.37. The van der Waals surface area contributed by atoms with E-state index < -0.39 is 5.67 Å². The number of unbranched alkanes of at least 4 members (excludes halogenated alkanes) is 1. The lowest BCUT2D eigenvalue weighted by Crippen LogP contribution is -2.06. The number of aryl methyl sites for hydroxylation is 2. The molecule has 0 aliphatic heterocycles. The van der Waals surface area contributed by atoms with E-state index in [-0.39, 0.29) is 5.97 Å². The van der Waals surface area contributed by atoms with Gasteiger partial charge in [0, 0.05) is 13.5 Å². The van der Waals surface area contributed by atoms with Gasteiger partial charge in [-0.15, -0.1) is 0 Å². The van der Waals surface area contributed by atoms with Gasteiger partial charge in [-0.25, -0.2) is 4.39 Å². The van der Waals surface area contributed by atoms with E-state index in [1.807, 2.05) is 6.07 Å². The number of aromatic nitrogens is 2. The minimum atomic E-state index is -1.13. The van der Waals surface area contributed by atoms with Crippen molar-refractivity contribution in [3.63, 3.8) is 0 Å². The molecule has 0 unspecified atom stereocenters. The SMILES string of the molecule is COC(=O)CCCCc1cc(C2(F)CC2)n(C)n1. The molecule has 0 saturated heterocycles. The second-order valence-corrected chi connectivity index (χ2v) is 4.89. The molecule has 5 heteroatoms. The summed E-state index contributed by atoms with van der Waals surface area (Å²) in [4.78, 5) is 10.9. The third kappa shape index (κ3) is 2.89. The number of ether oxygens (including phenoxy) is 1. The van der Waals surface area contributed by atoms with Crippen molar-refractivity contribution in [2.45, 2.75) is 44.2 Å². The van der Waals surface area contributed by atoms with Gasteiger partial charge in [-0.3, -0.25) is 9.48 Å². The molecule has 1 fully saturated rings. The molecule has 1 aromatic heterocycles. The highest BCUT2D eigenvalue weighted by molar-refractivity contribution is 5.68. The maximum atomic E-state index is 13.9. The molecular weight excluding hydrogens is 235 g/mol. The second-order valence-electron chi connectivity index (χ2n) is 4.89. The highest BCUT2D eigenvalue weighted by Crippen LogP contribution is 2.49. The summed E-state index contributed by atoms with van der Waals surface area (Å²) in [7, 11) is 3.18. The van der Waals surface area contributed by atoms with Crippen molar-refractivity contribution in [2.24, 2.45) is 7.05 Å². The summed E-state index contributed by atoms with van der Waals surface area (Å²) >= 11 is 0. The van der Waals surface area contributed by atoms with Crippen molar-refractivity contribution in [1.29, 1.82) is 0 Å². The van der Waals surface area contributed by atoms with Crippen LogP contribution >= 0.6 is 0 Å². The van der Waals surface area contributed by atoms with Crippen molar-refractivity contribution < 1.29 is 13.9 Å². The maximum Gasteiger partial charge on any atom is 0.305 e. The van der Waals surface area contributed by atoms with Crippen molar-refractivity contribution >= 4 is 5.97 Å². The van der Waals surface area contributed by atoms with Crippen molar-refractivity contribution in [3.05, 3.63) is 17.5 Å². The van der Waals surface area contributed by atoms with Gasteiger partial charge in [0.1, 0.15) is 0 Å². The Bertz CT molecular complexity index is 438. The van der Waals surface area contributed by atoms with Crippen LogP contribution in [0.3, 0.4) is 0 Å². The number of rotatable bonds is 6. The molecule has 1 aliphatic carbocycles. The molecule has 0 aromatic carbocycles. The van der Waals surface area contributed by atoms with Crippen LogP contribution in [-0.4, -0.2) is 22.9 Å². The Kier molecular flexibility index (Phi) is 3.68. The number of hydrogen-bond acceptors (Lipinski definition) is 3. The number of carbonyl (C=O) groups is 1. The Hall–Kier alpha value is -1.39. The first-order valence-electron chi connectivity index (χ1n) is 6.34. The summed E-state index contributed by atoms with van der Waals surface area (Å²) in [5.74, 6) is -0.183. The van der Waals surface area contributed by atoms with Crippen LogP contribution in [0, 0.1) is 0 Å². The fraction of sp³-hybridized carbons (Fsp3) is 0.692. The smallest absolute Gasteiger partial charge is 0.305 e. The molecule has 18 heavy (non-hydrogen) atoms. The number of methoxy groups -OCH3 is 1. The average Bonchev–Trinajstić information content (AvgIpc) is 2.97. The van der Waals surface area contributed by atoms with Crippen LogP contribution in [0.2, 0.25) is 0 Å². The zero-order valence-corrected chi connectivity index (χ0v) is 10.9. The highest BCUT2D eigenvalue weighted by Gasteiger charge is 2.47. The molecule has 2 rings (SSSR count). The standard InChI is InChI=1S/C13H19FN2O2/c1-16-11(13(14)7-8-13)9-10(15-16)5-3-4-6-12(17)18-2/h9H,3-8H2,1-2H3. The molecule has 0 radical (unpaired) electrons. The van der Waals surface area contributed by atoms with E-state index in [2.05, 4.69) is 9.84 Å². The first-order chi connectivity index (χ1) is 8.55. The first kappa shape index (κ1) is 13.1. The predicted molar refractivity (Wildman–Crippen MR) is 64.8 cm³/mol. The zero-order valence-electron chi connectivity index (χ0n) is 10.9. The van der Waals surface area contributed by atoms with Crippen LogP contribution in [0.25, 0.3) is 0 Å². The minimum absolute atomic E-state index is 0.183. The van der Waals surface area contributed by atoms with Gasteiger partial charge in [0.25, 0.3) is 0 Å². The number of hydrogen-bond donors (Lipinski definition) is 0. The summed E-state index contributed by atoms with van der Waals surface area (Å²) in [5.41, 5.74) is 0.457. The number of nitrogens with zero attached hydrogens (tertiary/aromatic N) is 2. The van der Waals surface area contributed by atoms with Gasteiger partial charge in [-0.1, -0.05) is 0 Å². The van der Waals surface area contributed by atoms with Crippen LogP contribution in [0.1, 0.15) is 43.5 Å². The molecule has 0 bridgehead atoms. The Labute approximate surface area is 106 Å². The molecule has 4 nitrogen and oxygen atoms in total. The van der Waals surface area contributed by atoms with E-state index in [9.17, 15) is 9.18 Å². The van der Waals surface area contributed by atoms with E-state index >= 15 is 0 Å². The van der Waals surface area contributed by atoms with Gasteiger partial charge in [-0.2, -0.15) is 5.10 Å². The van der Waals surface area contributed by atoms with E-state index in [0.29, 0.717) is 25.0 Å². The number of esters is 1. The second kappa shape index (κ2) is 5.08. The molecular formula is C13H19FN2O2. The minimum Gasteiger partial charge on any atom is -0.469 e. The van der Waals surface area contributed by atoms with Crippen LogP contribution < -0.4 is 0 Å². The van der Waals surface area contributed by atoms with E-state index in [4.69, 9.17) is 0 Å². The van der Waals surface area contributed by atoms with Crippen LogP contribution in [0.5, 0.6) is 0 Å². The maximum absolute atomic E-state index is 13.9. The van der Waals surface area contributed by atoms with Crippen LogP contribution in [-0.2, 0) is 28.7 Å². The predicted octanol–water partition coefficient (Wildman–Crippen LogP) is 2.26. The molecule has 1 aliphatic rings. The van der Waals surface area contributed by atoms with Gasteiger partial charge in [0.15, 0.2) is 5.67 Å². The normalized spacial score (nSPS) is 16.6.